The monoisotopic (exact) mass is 411 g/mol. The fourth-order valence-corrected chi connectivity index (χ4v) is 4.86. The van der Waals surface area contributed by atoms with Gasteiger partial charge in [-0.2, -0.15) is 0 Å². The van der Waals surface area contributed by atoms with Gasteiger partial charge in [0, 0.05) is 20.2 Å². The number of anilines is 1. The number of hydrogen-bond donors (Lipinski definition) is 2. The molecule has 2 heterocycles. The summed E-state index contributed by atoms with van der Waals surface area (Å²) in [6, 6.07) is 8.58. The Labute approximate surface area is 177 Å². The molecule has 2 fully saturated rings. The highest BCUT2D eigenvalue weighted by atomic mass is 19.1. The summed E-state index contributed by atoms with van der Waals surface area (Å²) >= 11 is 0. The van der Waals surface area contributed by atoms with E-state index in [1.807, 2.05) is 26.2 Å². The summed E-state index contributed by atoms with van der Waals surface area (Å²) in [5, 5.41) is 6.54. The van der Waals surface area contributed by atoms with Gasteiger partial charge in [-0.3, -0.25) is 4.79 Å². The number of hydrogen-bond acceptors (Lipinski definition) is 5. The van der Waals surface area contributed by atoms with Crippen molar-refractivity contribution in [2.45, 2.75) is 56.5 Å². The standard InChI is InChI=1S/C23H30FN5O/c1-25-20-14-18(27-21(28-20)19-9-6-12-26-19)15-29(2)22(30)23(10-3-4-11-23)16-7-5-8-17(24)13-16/h5,7-8,13-14,19,26H,3-4,6,9-12,15H2,1-2H3,(H,25,27,28). The van der Waals surface area contributed by atoms with Crippen LogP contribution in [0.3, 0.4) is 0 Å². The maximum absolute atomic E-state index is 13.9. The van der Waals surface area contributed by atoms with E-state index in [9.17, 15) is 9.18 Å². The Kier molecular flexibility index (Phi) is 5.99. The van der Waals surface area contributed by atoms with Crippen LogP contribution in [0.2, 0.25) is 0 Å². The maximum atomic E-state index is 13.9. The predicted octanol–water partition coefficient (Wildman–Crippen LogP) is 3.55. The SMILES string of the molecule is CNc1cc(CN(C)C(=O)C2(c3cccc(F)c3)CCCC2)nc(C2CCCN2)n1. The van der Waals surface area contributed by atoms with Crippen LogP contribution in [0.1, 0.15) is 61.6 Å². The quantitative estimate of drug-likeness (QED) is 0.761. The van der Waals surface area contributed by atoms with E-state index in [4.69, 9.17) is 4.98 Å². The number of likely N-dealkylation sites (N-methyl/N-ethyl adjacent to an activating group) is 1. The van der Waals surface area contributed by atoms with E-state index in [-0.39, 0.29) is 17.8 Å². The molecule has 1 aliphatic heterocycles. The Morgan fingerprint density at radius 2 is 2.07 bits per heavy atom. The zero-order chi connectivity index (χ0) is 21.1. The minimum absolute atomic E-state index is 0.0377. The van der Waals surface area contributed by atoms with E-state index in [1.54, 1.807) is 11.0 Å². The number of nitrogens with one attached hydrogen (secondary N) is 2. The van der Waals surface area contributed by atoms with Crippen LogP contribution in [-0.2, 0) is 16.8 Å². The molecule has 1 aliphatic carbocycles. The highest BCUT2D eigenvalue weighted by molar-refractivity contribution is 5.88. The molecule has 2 aromatic rings. The number of carbonyl (C=O) groups excluding carboxylic acids is 1. The van der Waals surface area contributed by atoms with E-state index in [2.05, 4.69) is 15.6 Å². The summed E-state index contributed by atoms with van der Waals surface area (Å²) in [6.45, 7) is 1.37. The third-order valence-electron chi connectivity index (χ3n) is 6.41. The van der Waals surface area contributed by atoms with Gasteiger partial charge >= 0.3 is 0 Å². The Bertz CT molecular complexity index is 906. The summed E-state index contributed by atoms with van der Waals surface area (Å²) in [4.78, 5) is 24.7. The van der Waals surface area contributed by atoms with Crippen LogP contribution in [0.25, 0.3) is 0 Å². The molecule has 1 amide bonds. The van der Waals surface area contributed by atoms with E-state index in [0.717, 1.165) is 68.0 Å². The molecule has 1 unspecified atom stereocenters. The zero-order valence-electron chi connectivity index (χ0n) is 17.7. The Hall–Kier alpha value is -2.54. The normalized spacial score (nSPS) is 20.3. The number of carbonyl (C=O) groups is 1. The largest absolute Gasteiger partial charge is 0.373 e. The minimum Gasteiger partial charge on any atom is -0.373 e. The van der Waals surface area contributed by atoms with Gasteiger partial charge in [0.25, 0.3) is 0 Å². The number of amides is 1. The highest BCUT2D eigenvalue weighted by Gasteiger charge is 2.44. The Morgan fingerprint density at radius 3 is 2.73 bits per heavy atom. The van der Waals surface area contributed by atoms with Gasteiger partial charge in [0.1, 0.15) is 17.5 Å². The summed E-state index contributed by atoms with van der Waals surface area (Å²) in [5.41, 5.74) is 0.943. The topological polar surface area (TPSA) is 70.2 Å². The van der Waals surface area contributed by atoms with Crippen LogP contribution >= 0.6 is 0 Å². The molecular weight excluding hydrogens is 381 g/mol. The molecule has 1 saturated carbocycles. The third-order valence-corrected chi connectivity index (χ3v) is 6.41. The third kappa shape index (κ3) is 4.03. The van der Waals surface area contributed by atoms with Gasteiger partial charge in [0.15, 0.2) is 0 Å². The molecule has 1 saturated heterocycles. The number of nitrogens with zero attached hydrogens (tertiary/aromatic N) is 3. The maximum Gasteiger partial charge on any atom is 0.233 e. The van der Waals surface area contributed by atoms with Crippen LogP contribution in [0.4, 0.5) is 10.2 Å². The van der Waals surface area contributed by atoms with Gasteiger partial charge < -0.3 is 15.5 Å². The average molecular weight is 412 g/mol. The Morgan fingerprint density at radius 1 is 1.27 bits per heavy atom. The number of rotatable bonds is 6. The number of benzene rings is 1. The van der Waals surface area contributed by atoms with Crippen LogP contribution in [0.5, 0.6) is 0 Å². The summed E-state index contributed by atoms with van der Waals surface area (Å²) in [5.74, 6) is 1.27. The molecule has 0 spiro atoms. The molecule has 4 rings (SSSR count). The molecule has 1 aromatic carbocycles. The van der Waals surface area contributed by atoms with Gasteiger partial charge in [0.2, 0.25) is 5.91 Å². The molecule has 30 heavy (non-hydrogen) atoms. The van der Waals surface area contributed by atoms with Gasteiger partial charge in [-0.25, -0.2) is 14.4 Å². The van der Waals surface area contributed by atoms with Gasteiger partial charge in [-0.1, -0.05) is 25.0 Å². The molecule has 160 valence electrons. The summed E-state index contributed by atoms with van der Waals surface area (Å²) in [6.07, 6.45) is 5.59. The second-order valence-electron chi connectivity index (χ2n) is 8.46. The van der Waals surface area contributed by atoms with Crippen LogP contribution in [-0.4, -0.2) is 41.4 Å². The zero-order valence-corrected chi connectivity index (χ0v) is 17.7. The molecular formula is C23H30FN5O. The molecule has 0 bridgehead atoms. The second-order valence-corrected chi connectivity index (χ2v) is 8.46. The molecule has 6 nitrogen and oxygen atoms in total. The fourth-order valence-electron chi connectivity index (χ4n) is 4.86. The number of aromatic nitrogens is 2. The molecule has 0 radical (unpaired) electrons. The molecule has 2 N–H and O–H groups in total. The van der Waals surface area contributed by atoms with Crippen molar-refractivity contribution in [3.63, 3.8) is 0 Å². The van der Waals surface area contributed by atoms with Crippen LogP contribution in [0, 0.1) is 5.82 Å². The van der Waals surface area contributed by atoms with Crippen molar-refractivity contribution in [1.29, 1.82) is 0 Å². The lowest BCUT2D eigenvalue weighted by Gasteiger charge is -2.33. The van der Waals surface area contributed by atoms with E-state index in [1.165, 1.54) is 12.1 Å². The number of halogens is 1. The van der Waals surface area contributed by atoms with Crippen LogP contribution < -0.4 is 10.6 Å². The first-order valence-electron chi connectivity index (χ1n) is 10.8. The smallest absolute Gasteiger partial charge is 0.233 e. The van der Waals surface area contributed by atoms with Crippen molar-refractivity contribution in [3.8, 4) is 0 Å². The lowest BCUT2D eigenvalue weighted by molar-refractivity contribution is -0.136. The van der Waals surface area contributed by atoms with Crippen molar-refractivity contribution >= 4 is 11.7 Å². The summed E-state index contributed by atoms with van der Waals surface area (Å²) < 4.78 is 13.9. The van der Waals surface area contributed by atoms with E-state index < -0.39 is 5.41 Å². The van der Waals surface area contributed by atoms with Crippen molar-refractivity contribution < 1.29 is 9.18 Å². The van der Waals surface area contributed by atoms with Crippen molar-refractivity contribution in [1.82, 2.24) is 20.2 Å². The van der Waals surface area contributed by atoms with Crippen LogP contribution in [0.15, 0.2) is 30.3 Å². The second kappa shape index (κ2) is 8.68. The van der Waals surface area contributed by atoms with Crippen molar-refractivity contribution in [2.75, 3.05) is 26.0 Å². The molecule has 1 atom stereocenters. The Balaban J connectivity index is 1.59. The van der Waals surface area contributed by atoms with E-state index in [0.29, 0.717) is 6.54 Å². The molecule has 2 aliphatic rings. The highest BCUT2D eigenvalue weighted by Crippen LogP contribution is 2.42. The lowest BCUT2D eigenvalue weighted by Crippen LogP contribution is -2.43. The molecule has 1 aromatic heterocycles. The fraction of sp³-hybridized carbons (Fsp3) is 0.522. The average Bonchev–Trinajstić information content (AvgIpc) is 3.46. The van der Waals surface area contributed by atoms with Crippen molar-refractivity contribution in [2.24, 2.45) is 0 Å². The lowest BCUT2D eigenvalue weighted by atomic mass is 9.77. The first-order valence-corrected chi connectivity index (χ1v) is 10.8. The molecule has 7 heteroatoms. The summed E-state index contributed by atoms with van der Waals surface area (Å²) in [7, 11) is 3.65. The van der Waals surface area contributed by atoms with Gasteiger partial charge in [-0.05, 0) is 49.9 Å². The predicted molar refractivity (Wildman–Crippen MR) is 115 cm³/mol. The van der Waals surface area contributed by atoms with Gasteiger partial charge in [0.05, 0.1) is 23.7 Å². The van der Waals surface area contributed by atoms with E-state index >= 15 is 0 Å². The first-order chi connectivity index (χ1) is 14.5. The van der Waals surface area contributed by atoms with Gasteiger partial charge in [-0.15, -0.1) is 0 Å². The minimum atomic E-state index is -0.647. The first kappa shape index (κ1) is 20.7. The van der Waals surface area contributed by atoms with Crippen molar-refractivity contribution in [3.05, 3.63) is 53.2 Å².